The number of amides is 1. The number of rotatable bonds is 2. The Bertz CT molecular complexity index is 596. The number of pyridine rings is 1. The van der Waals surface area contributed by atoms with Crippen LogP contribution in [0.3, 0.4) is 0 Å². The predicted molar refractivity (Wildman–Crippen MR) is 67.8 cm³/mol. The Morgan fingerprint density at radius 2 is 1.94 bits per heavy atom. The molecule has 2 aromatic rings. The third-order valence-electron chi connectivity index (χ3n) is 2.29. The zero-order valence-electron chi connectivity index (χ0n) is 9.42. The zero-order valence-corrected chi connectivity index (χ0v) is 9.42. The van der Waals surface area contributed by atoms with Crippen molar-refractivity contribution in [2.45, 2.75) is 0 Å². The molecule has 0 fully saturated rings. The first-order valence-corrected chi connectivity index (χ1v) is 5.22. The van der Waals surface area contributed by atoms with E-state index < -0.39 is 0 Å². The summed E-state index contributed by atoms with van der Waals surface area (Å²) in [6.45, 7) is 0. The van der Waals surface area contributed by atoms with Crippen LogP contribution in [0.25, 0.3) is 0 Å². The number of nitrogens with one attached hydrogen (secondary N) is 1. The lowest BCUT2D eigenvalue weighted by molar-refractivity contribution is 0.102. The summed E-state index contributed by atoms with van der Waals surface area (Å²) in [6, 6.07) is 11.8. The largest absolute Gasteiger partial charge is 0.399 e. The highest BCUT2D eigenvalue weighted by Gasteiger charge is 2.07. The number of nitriles is 1. The lowest BCUT2D eigenvalue weighted by Gasteiger charge is -2.04. The standard InChI is InChI=1S/C13H10N4O/c14-7-9-1-6-12(16-8-9)13(18)17-11-4-2-10(15)3-5-11/h1-6,8H,15H2,(H,17,18). The van der Waals surface area contributed by atoms with Crippen LogP contribution in [-0.2, 0) is 0 Å². The Hall–Kier alpha value is -2.87. The summed E-state index contributed by atoms with van der Waals surface area (Å²) in [4.78, 5) is 15.7. The van der Waals surface area contributed by atoms with Crippen LogP contribution in [0.15, 0.2) is 42.6 Å². The Labute approximate surface area is 104 Å². The van der Waals surface area contributed by atoms with Crippen LogP contribution in [0, 0.1) is 11.3 Å². The van der Waals surface area contributed by atoms with Crippen molar-refractivity contribution in [1.82, 2.24) is 4.98 Å². The summed E-state index contributed by atoms with van der Waals surface area (Å²) in [5, 5.41) is 11.3. The molecular weight excluding hydrogens is 228 g/mol. The monoisotopic (exact) mass is 238 g/mol. The van der Waals surface area contributed by atoms with E-state index in [-0.39, 0.29) is 11.6 Å². The number of carbonyl (C=O) groups excluding carboxylic acids is 1. The number of aromatic nitrogens is 1. The molecule has 0 unspecified atom stereocenters. The minimum Gasteiger partial charge on any atom is -0.399 e. The molecule has 18 heavy (non-hydrogen) atoms. The minimum absolute atomic E-state index is 0.255. The van der Waals surface area contributed by atoms with Gasteiger partial charge in [0.2, 0.25) is 0 Å². The lowest BCUT2D eigenvalue weighted by Crippen LogP contribution is -2.13. The molecule has 1 heterocycles. The first-order chi connectivity index (χ1) is 8.69. The minimum atomic E-state index is -0.329. The molecule has 5 nitrogen and oxygen atoms in total. The average Bonchev–Trinajstić information content (AvgIpc) is 2.41. The number of anilines is 2. The number of carbonyl (C=O) groups is 1. The second kappa shape index (κ2) is 4.97. The Morgan fingerprint density at radius 3 is 2.50 bits per heavy atom. The van der Waals surface area contributed by atoms with Gasteiger partial charge in [-0.1, -0.05) is 0 Å². The summed E-state index contributed by atoms with van der Waals surface area (Å²) in [5.74, 6) is -0.329. The first-order valence-electron chi connectivity index (χ1n) is 5.22. The molecule has 3 N–H and O–H groups in total. The molecule has 0 aliphatic heterocycles. The van der Waals surface area contributed by atoms with Gasteiger partial charge < -0.3 is 11.1 Å². The highest BCUT2D eigenvalue weighted by atomic mass is 16.1. The van der Waals surface area contributed by atoms with Gasteiger partial charge in [0.05, 0.1) is 5.56 Å². The van der Waals surface area contributed by atoms with Gasteiger partial charge in [-0.2, -0.15) is 5.26 Å². The topological polar surface area (TPSA) is 91.8 Å². The SMILES string of the molecule is N#Cc1ccc(C(=O)Nc2ccc(N)cc2)nc1. The van der Waals surface area contributed by atoms with Gasteiger partial charge in [-0.3, -0.25) is 4.79 Å². The van der Waals surface area contributed by atoms with E-state index >= 15 is 0 Å². The maximum Gasteiger partial charge on any atom is 0.274 e. The normalized spacial score (nSPS) is 9.50. The molecule has 0 saturated carbocycles. The maximum absolute atomic E-state index is 11.8. The van der Waals surface area contributed by atoms with Crippen LogP contribution in [0.4, 0.5) is 11.4 Å². The van der Waals surface area contributed by atoms with Crippen LogP contribution in [0.5, 0.6) is 0 Å². The van der Waals surface area contributed by atoms with Crippen molar-refractivity contribution in [2.75, 3.05) is 11.1 Å². The number of nitrogens with zero attached hydrogens (tertiary/aromatic N) is 2. The highest BCUT2D eigenvalue weighted by Crippen LogP contribution is 2.11. The second-order valence-corrected chi connectivity index (χ2v) is 3.62. The van der Waals surface area contributed by atoms with Crippen molar-refractivity contribution in [3.05, 3.63) is 53.9 Å². The molecular formula is C13H10N4O. The van der Waals surface area contributed by atoms with E-state index in [9.17, 15) is 4.79 Å². The molecule has 0 bridgehead atoms. The molecule has 0 radical (unpaired) electrons. The fraction of sp³-hybridized carbons (Fsp3) is 0. The first kappa shape index (κ1) is 11.6. The summed E-state index contributed by atoms with van der Waals surface area (Å²) in [7, 11) is 0. The number of benzene rings is 1. The van der Waals surface area contributed by atoms with Gasteiger partial charge in [-0.25, -0.2) is 4.98 Å². The van der Waals surface area contributed by atoms with Crippen molar-refractivity contribution in [1.29, 1.82) is 5.26 Å². The van der Waals surface area contributed by atoms with E-state index in [1.165, 1.54) is 12.3 Å². The molecule has 0 atom stereocenters. The third kappa shape index (κ3) is 2.62. The van der Waals surface area contributed by atoms with Crippen LogP contribution in [-0.4, -0.2) is 10.9 Å². The number of hydrogen-bond acceptors (Lipinski definition) is 4. The highest BCUT2D eigenvalue weighted by molar-refractivity contribution is 6.02. The van der Waals surface area contributed by atoms with Gasteiger partial charge in [0.1, 0.15) is 11.8 Å². The molecule has 0 aliphatic rings. The van der Waals surface area contributed by atoms with Crippen LogP contribution >= 0.6 is 0 Å². The van der Waals surface area contributed by atoms with E-state index in [0.717, 1.165) is 0 Å². The fourth-order valence-corrected chi connectivity index (χ4v) is 1.36. The van der Waals surface area contributed by atoms with Gasteiger partial charge in [0.15, 0.2) is 0 Å². The molecule has 1 aromatic carbocycles. The maximum atomic E-state index is 11.8. The van der Waals surface area contributed by atoms with Gasteiger partial charge in [0, 0.05) is 17.6 Å². The smallest absolute Gasteiger partial charge is 0.274 e. The fourth-order valence-electron chi connectivity index (χ4n) is 1.36. The van der Waals surface area contributed by atoms with Crippen molar-refractivity contribution < 1.29 is 4.79 Å². The van der Waals surface area contributed by atoms with Crippen molar-refractivity contribution in [2.24, 2.45) is 0 Å². The molecule has 2 rings (SSSR count). The Morgan fingerprint density at radius 1 is 1.22 bits per heavy atom. The number of nitrogen functional groups attached to an aromatic ring is 1. The molecule has 5 heteroatoms. The zero-order chi connectivity index (χ0) is 13.0. The van der Waals surface area contributed by atoms with E-state index in [1.807, 2.05) is 6.07 Å². The van der Waals surface area contributed by atoms with Gasteiger partial charge in [0.25, 0.3) is 5.91 Å². The van der Waals surface area contributed by atoms with E-state index in [2.05, 4.69) is 10.3 Å². The van der Waals surface area contributed by atoms with E-state index in [0.29, 0.717) is 16.9 Å². The molecule has 1 aromatic heterocycles. The Kier molecular flexibility index (Phi) is 3.21. The quantitative estimate of drug-likeness (QED) is 0.780. The van der Waals surface area contributed by atoms with Crippen molar-refractivity contribution >= 4 is 17.3 Å². The number of hydrogen-bond donors (Lipinski definition) is 2. The summed E-state index contributed by atoms with van der Waals surface area (Å²) >= 11 is 0. The van der Waals surface area contributed by atoms with Crippen LogP contribution < -0.4 is 11.1 Å². The van der Waals surface area contributed by atoms with Gasteiger partial charge >= 0.3 is 0 Å². The lowest BCUT2D eigenvalue weighted by atomic mass is 10.2. The van der Waals surface area contributed by atoms with E-state index in [1.54, 1.807) is 30.3 Å². The average molecular weight is 238 g/mol. The predicted octanol–water partition coefficient (Wildman–Crippen LogP) is 1.79. The molecule has 0 saturated heterocycles. The van der Waals surface area contributed by atoms with Crippen molar-refractivity contribution in [3.63, 3.8) is 0 Å². The Balaban J connectivity index is 2.12. The van der Waals surface area contributed by atoms with Crippen LogP contribution in [0.2, 0.25) is 0 Å². The third-order valence-corrected chi connectivity index (χ3v) is 2.29. The second-order valence-electron chi connectivity index (χ2n) is 3.62. The molecule has 0 aliphatic carbocycles. The molecule has 88 valence electrons. The molecule has 1 amide bonds. The number of nitrogens with two attached hydrogens (primary N) is 1. The summed E-state index contributed by atoms with van der Waals surface area (Å²) in [6.07, 6.45) is 1.36. The molecule has 0 spiro atoms. The van der Waals surface area contributed by atoms with Crippen molar-refractivity contribution in [3.8, 4) is 6.07 Å². The van der Waals surface area contributed by atoms with Gasteiger partial charge in [-0.15, -0.1) is 0 Å². The summed E-state index contributed by atoms with van der Waals surface area (Å²) in [5.41, 5.74) is 7.48. The summed E-state index contributed by atoms with van der Waals surface area (Å²) < 4.78 is 0. The van der Waals surface area contributed by atoms with Crippen LogP contribution in [0.1, 0.15) is 16.1 Å². The van der Waals surface area contributed by atoms with Gasteiger partial charge in [-0.05, 0) is 36.4 Å². The van der Waals surface area contributed by atoms with E-state index in [4.69, 9.17) is 11.0 Å².